The van der Waals surface area contributed by atoms with Crippen molar-refractivity contribution >= 4 is 93.3 Å². The number of unbranched alkanes of at least 4 members (excludes halogenated alkanes) is 1. The second kappa shape index (κ2) is 11.5. The molecule has 3 saturated heterocycles. The molecule has 13 atom stereocenters. The van der Waals surface area contributed by atoms with E-state index in [9.17, 15) is 24.0 Å². The Labute approximate surface area is 280 Å². The second-order valence-corrected chi connectivity index (χ2v) is 17.9. The number of halogens is 4. The van der Waals surface area contributed by atoms with E-state index in [1.54, 1.807) is 0 Å². The summed E-state index contributed by atoms with van der Waals surface area (Å²) in [5, 5.41) is 0. The summed E-state index contributed by atoms with van der Waals surface area (Å²) < 4.78 is 0. The SMILES string of the molecule is O=C([C@H](CCCCN1C(=O)[C@@H]2[C@H]3C[C@@H]([C@H](Br)[C@@H]3Br)[C@@H]2C1=O)N1C(=O)[C@@H]2[C@H]3C[C@@H]([C@H](Br)[C@H]3Br)[C@H]2C1=O)N1CCCCCC1. The van der Waals surface area contributed by atoms with Crippen LogP contribution in [0.5, 0.6) is 0 Å². The van der Waals surface area contributed by atoms with Gasteiger partial charge in [-0.15, -0.1) is 0 Å². The number of nitrogens with zero attached hydrogens (tertiary/aromatic N) is 3. The molecule has 3 heterocycles. The Bertz CT molecular complexity index is 1130. The van der Waals surface area contributed by atoms with Gasteiger partial charge in [-0.2, -0.15) is 0 Å². The Kier molecular flexibility index (Phi) is 8.29. The summed E-state index contributed by atoms with van der Waals surface area (Å²) >= 11 is 15.0. The Morgan fingerprint density at radius 1 is 0.643 bits per heavy atom. The zero-order chi connectivity index (χ0) is 29.6. The summed E-state index contributed by atoms with van der Waals surface area (Å²) in [6, 6.07) is -0.820. The molecule has 0 aromatic carbocycles. The number of carbonyl (C=O) groups is 5. The van der Waals surface area contributed by atoms with E-state index in [1.807, 2.05) is 4.90 Å². The largest absolute Gasteiger partial charge is 0.341 e. The number of hydrogen-bond donors (Lipinski definition) is 0. The van der Waals surface area contributed by atoms with E-state index in [0.717, 1.165) is 38.5 Å². The van der Waals surface area contributed by atoms with Crippen molar-refractivity contribution in [2.75, 3.05) is 19.6 Å². The van der Waals surface area contributed by atoms with Crippen molar-refractivity contribution in [3.63, 3.8) is 0 Å². The highest BCUT2D eigenvalue weighted by atomic mass is 79.9. The van der Waals surface area contributed by atoms with E-state index < -0.39 is 6.04 Å². The summed E-state index contributed by atoms with van der Waals surface area (Å²) in [5.74, 6) is -1.22. The van der Waals surface area contributed by atoms with Gasteiger partial charge in [0.25, 0.3) is 0 Å². The van der Waals surface area contributed by atoms with E-state index in [-0.39, 0.29) is 96.2 Å². The molecule has 4 aliphatic carbocycles. The number of rotatable bonds is 7. The van der Waals surface area contributed by atoms with Gasteiger partial charge in [0.2, 0.25) is 29.5 Å². The van der Waals surface area contributed by atoms with Crippen LogP contribution >= 0.6 is 63.7 Å². The van der Waals surface area contributed by atoms with Crippen LogP contribution < -0.4 is 0 Å². The molecule has 0 spiro atoms. The maximum Gasteiger partial charge on any atom is 0.245 e. The van der Waals surface area contributed by atoms with E-state index >= 15 is 0 Å². The van der Waals surface area contributed by atoms with Crippen LogP contribution in [0, 0.1) is 47.3 Å². The minimum atomic E-state index is -0.820. The molecule has 7 fully saturated rings. The standard InChI is InChI=1S/C30H37Br4N3O5/c31-22-13-11-14(23(22)32)19-18(13)27(39)36(28(19)40)10-6-3-7-17(26(38)35-8-4-1-2-5-9-35)37-29(41)20-15-12-16(21(20)30(37)42)25(34)24(15)33/h13-25H,1-12H2/t13-,14-,15-,16-,17+,18-,19+,20-,21-,22-,23+,24+,25+/m1/s1. The molecule has 0 radical (unpaired) electrons. The van der Waals surface area contributed by atoms with Crippen LogP contribution in [0.1, 0.15) is 57.8 Å². The Morgan fingerprint density at radius 2 is 1.07 bits per heavy atom. The first kappa shape index (κ1) is 30.3. The van der Waals surface area contributed by atoms with E-state index in [2.05, 4.69) is 63.7 Å². The highest BCUT2D eigenvalue weighted by molar-refractivity contribution is 9.12. The fourth-order valence-corrected chi connectivity index (χ4v) is 13.5. The van der Waals surface area contributed by atoms with Gasteiger partial charge >= 0.3 is 0 Å². The summed E-state index contributed by atoms with van der Waals surface area (Å²) in [5.41, 5.74) is 0. The number of alkyl halides is 4. The molecule has 12 heteroatoms. The number of fused-ring (bicyclic) bond motifs is 10. The molecule has 230 valence electrons. The molecule has 4 bridgehead atoms. The van der Waals surface area contributed by atoms with E-state index in [0.29, 0.717) is 38.9 Å². The van der Waals surface area contributed by atoms with Crippen molar-refractivity contribution in [3.05, 3.63) is 0 Å². The first-order valence-corrected chi connectivity index (χ1v) is 19.4. The van der Waals surface area contributed by atoms with Crippen LogP contribution in [-0.4, -0.2) is 89.2 Å². The quantitative estimate of drug-likeness (QED) is 0.214. The maximum absolute atomic E-state index is 14.0. The predicted molar refractivity (Wildman–Crippen MR) is 169 cm³/mol. The topological polar surface area (TPSA) is 95.1 Å². The Balaban J connectivity index is 1.05. The van der Waals surface area contributed by atoms with Gasteiger partial charge in [0.05, 0.1) is 23.7 Å². The lowest BCUT2D eigenvalue weighted by Crippen LogP contribution is -2.52. The zero-order valence-corrected chi connectivity index (χ0v) is 29.7. The minimum Gasteiger partial charge on any atom is -0.341 e. The summed E-state index contributed by atoms with van der Waals surface area (Å²) in [4.78, 5) is 73.8. The first-order chi connectivity index (χ1) is 20.1. The highest BCUT2D eigenvalue weighted by Gasteiger charge is 2.68. The van der Waals surface area contributed by atoms with Crippen molar-refractivity contribution in [3.8, 4) is 0 Å². The van der Waals surface area contributed by atoms with Gasteiger partial charge in [0.15, 0.2) is 0 Å². The van der Waals surface area contributed by atoms with Gasteiger partial charge in [-0.1, -0.05) is 76.6 Å². The molecule has 0 aromatic heterocycles. The number of likely N-dealkylation sites (tertiary alicyclic amines) is 3. The fraction of sp³-hybridized carbons (Fsp3) is 0.833. The Hall–Kier alpha value is -0.330. The lowest BCUT2D eigenvalue weighted by atomic mass is 9.81. The lowest BCUT2D eigenvalue weighted by molar-refractivity contribution is -0.152. The molecule has 7 rings (SSSR count). The molecule has 8 nitrogen and oxygen atoms in total. The number of carbonyl (C=O) groups excluding carboxylic acids is 5. The van der Waals surface area contributed by atoms with Gasteiger partial charge in [0.1, 0.15) is 6.04 Å². The monoisotopic (exact) mass is 835 g/mol. The van der Waals surface area contributed by atoms with Gasteiger partial charge < -0.3 is 4.90 Å². The molecule has 7 aliphatic rings. The van der Waals surface area contributed by atoms with E-state index in [1.165, 1.54) is 9.80 Å². The average molecular weight is 839 g/mol. The third-order valence-electron chi connectivity index (χ3n) is 11.7. The fourth-order valence-electron chi connectivity index (χ4n) is 9.78. The predicted octanol–water partition coefficient (Wildman–Crippen LogP) is 4.48. The third kappa shape index (κ3) is 4.43. The van der Waals surface area contributed by atoms with Crippen LogP contribution in [0.25, 0.3) is 0 Å². The van der Waals surface area contributed by atoms with Crippen molar-refractivity contribution in [2.24, 2.45) is 47.3 Å². The van der Waals surface area contributed by atoms with Crippen molar-refractivity contribution in [1.82, 2.24) is 14.7 Å². The van der Waals surface area contributed by atoms with Gasteiger partial charge in [-0.3, -0.25) is 33.8 Å². The van der Waals surface area contributed by atoms with Crippen LogP contribution in [0.3, 0.4) is 0 Å². The lowest BCUT2D eigenvalue weighted by Gasteiger charge is -2.32. The highest BCUT2D eigenvalue weighted by Crippen LogP contribution is 2.61. The Morgan fingerprint density at radius 3 is 1.52 bits per heavy atom. The zero-order valence-electron chi connectivity index (χ0n) is 23.4. The third-order valence-corrected chi connectivity index (χ3v) is 18.1. The molecular formula is C30H37Br4N3O5. The van der Waals surface area contributed by atoms with E-state index in [4.69, 9.17) is 0 Å². The molecule has 3 aliphatic heterocycles. The van der Waals surface area contributed by atoms with Crippen LogP contribution in [0.2, 0.25) is 0 Å². The van der Waals surface area contributed by atoms with Gasteiger partial charge in [-0.05, 0) is 68.6 Å². The van der Waals surface area contributed by atoms with Crippen molar-refractivity contribution in [1.29, 1.82) is 0 Å². The second-order valence-electron chi connectivity index (χ2n) is 13.6. The minimum absolute atomic E-state index is 0.0552. The van der Waals surface area contributed by atoms with Crippen molar-refractivity contribution in [2.45, 2.75) is 83.1 Å². The smallest absolute Gasteiger partial charge is 0.245 e. The summed E-state index contributed by atoms with van der Waals surface area (Å²) in [6.07, 6.45) is 7.23. The van der Waals surface area contributed by atoms with Crippen LogP contribution in [-0.2, 0) is 24.0 Å². The molecule has 4 saturated carbocycles. The van der Waals surface area contributed by atoms with Crippen LogP contribution in [0.4, 0.5) is 0 Å². The molecule has 5 amide bonds. The molecule has 0 unspecified atom stereocenters. The number of hydrogen-bond acceptors (Lipinski definition) is 5. The molecular weight excluding hydrogens is 802 g/mol. The molecule has 42 heavy (non-hydrogen) atoms. The van der Waals surface area contributed by atoms with Crippen LogP contribution in [0.15, 0.2) is 0 Å². The molecule has 0 N–H and O–H groups in total. The summed E-state index contributed by atoms with van der Waals surface area (Å²) in [7, 11) is 0. The number of imide groups is 2. The van der Waals surface area contributed by atoms with Gasteiger partial charge in [-0.25, -0.2) is 0 Å². The average Bonchev–Trinajstić information content (AvgIpc) is 3.73. The van der Waals surface area contributed by atoms with Crippen molar-refractivity contribution < 1.29 is 24.0 Å². The maximum atomic E-state index is 14.0. The first-order valence-electron chi connectivity index (χ1n) is 15.7. The number of amides is 5. The summed E-state index contributed by atoms with van der Waals surface area (Å²) in [6.45, 7) is 1.63. The van der Waals surface area contributed by atoms with Gasteiger partial charge in [0, 0.05) is 38.9 Å². The normalized spacial score (nSPS) is 44.8. The molecule has 0 aromatic rings.